The van der Waals surface area contributed by atoms with E-state index in [0.717, 1.165) is 18.7 Å². The molecule has 1 aromatic carbocycles. The molecule has 0 bridgehead atoms. The zero-order chi connectivity index (χ0) is 25.7. The molecule has 8 heteroatoms. The van der Waals surface area contributed by atoms with Crippen LogP contribution < -0.4 is 0 Å². The lowest BCUT2D eigenvalue weighted by molar-refractivity contribution is -0.132. The monoisotopic (exact) mass is 489 g/mol. The highest BCUT2D eigenvalue weighted by Crippen LogP contribution is 2.50. The van der Waals surface area contributed by atoms with E-state index >= 15 is 0 Å². The quantitative estimate of drug-likeness (QED) is 0.563. The predicted octanol–water partition coefficient (Wildman–Crippen LogP) is 3.78. The van der Waals surface area contributed by atoms with Crippen molar-refractivity contribution in [1.82, 2.24) is 24.9 Å². The summed E-state index contributed by atoms with van der Waals surface area (Å²) in [6.45, 7) is 8.55. The summed E-state index contributed by atoms with van der Waals surface area (Å²) in [7, 11) is 3.86. The maximum Gasteiger partial charge on any atom is 0.231 e. The van der Waals surface area contributed by atoms with Gasteiger partial charge in [-0.1, -0.05) is 50.2 Å². The van der Waals surface area contributed by atoms with Gasteiger partial charge in [0.2, 0.25) is 17.6 Å². The first-order valence-electron chi connectivity index (χ1n) is 12.7. The number of hydrogen-bond donors (Lipinski definition) is 1. The zero-order valence-corrected chi connectivity index (χ0v) is 21.7. The van der Waals surface area contributed by atoms with Gasteiger partial charge in [-0.05, 0) is 36.6 Å². The van der Waals surface area contributed by atoms with E-state index in [1.165, 1.54) is 5.56 Å². The first-order valence-corrected chi connectivity index (χ1v) is 12.7. The molecule has 2 saturated heterocycles. The van der Waals surface area contributed by atoms with Crippen LogP contribution >= 0.6 is 0 Å². The molecule has 2 aliphatic rings. The number of pyridine rings is 1. The van der Waals surface area contributed by atoms with Crippen LogP contribution in [0.25, 0.3) is 11.4 Å². The Kier molecular flexibility index (Phi) is 6.21. The standard InChI is InChI=1S/C28H35N5O3/c1-18(2)19-6-9-22(10-7-19)28(35,27(3)16-32(4)17-27)23-12-21(13-29-14-23)25-30-26(36-31-25)20-8-11-24(34)33(5)15-20/h6-7,9-10,12-14,18,20,35H,8,11,15-17H2,1-5H3. The molecule has 0 radical (unpaired) electrons. The van der Waals surface area contributed by atoms with Crippen LogP contribution in [0.15, 0.2) is 47.2 Å². The summed E-state index contributed by atoms with van der Waals surface area (Å²) in [5, 5.41) is 16.7. The van der Waals surface area contributed by atoms with E-state index in [0.29, 0.717) is 48.1 Å². The average molecular weight is 490 g/mol. The van der Waals surface area contributed by atoms with Crippen LogP contribution in [0.4, 0.5) is 0 Å². The molecular weight excluding hydrogens is 454 g/mol. The number of rotatable bonds is 6. The Balaban J connectivity index is 1.50. The summed E-state index contributed by atoms with van der Waals surface area (Å²) in [6, 6.07) is 10.2. The van der Waals surface area contributed by atoms with E-state index in [4.69, 9.17) is 4.52 Å². The van der Waals surface area contributed by atoms with Crippen LogP contribution in [0.5, 0.6) is 0 Å². The van der Waals surface area contributed by atoms with Crippen molar-refractivity contribution in [2.75, 3.05) is 33.7 Å². The van der Waals surface area contributed by atoms with E-state index in [1.54, 1.807) is 24.3 Å². The molecule has 0 saturated carbocycles. The molecule has 3 aromatic rings. The number of aliphatic hydroxyl groups is 1. The Hall–Kier alpha value is -3.10. The summed E-state index contributed by atoms with van der Waals surface area (Å²) in [5.74, 6) is 1.54. The molecule has 2 aliphatic heterocycles. The molecule has 2 fully saturated rings. The van der Waals surface area contributed by atoms with Gasteiger partial charge in [0, 0.05) is 62.0 Å². The van der Waals surface area contributed by atoms with E-state index in [9.17, 15) is 9.90 Å². The molecule has 5 rings (SSSR count). The summed E-state index contributed by atoms with van der Waals surface area (Å²) in [6.07, 6.45) is 4.62. The first-order chi connectivity index (χ1) is 17.1. The fourth-order valence-electron chi connectivity index (χ4n) is 5.84. The predicted molar refractivity (Wildman–Crippen MR) is 136 cm³/mol. The summed E-state index contributed by atoms with van der Waals surface area (Å²) in [5.41, 5.74) is 1.86. The van der Waals surface area contributed by atoms with Crippen molar-refractivity contribution >= 4 is 5.91 Å². The molecule has 1 N–H and O–H groups in total. The SMILES string of the molecule is CC(C)c1ccc(C(O)(c2cncc(-c3noc(C4CCC(=O)N(C)C4)n3)c2)C2(C)CN(C)C2)cc1. The number of benzene rings is 1. The van der Waals surface area contributed by atoms with E-state index in [1.807, 2.05) is 18.2 Å². The molecule has 1 amide bonds. The van der Waals surface area contributed by atoms with Crippen LogP contribution in [0, 0.1) is 5.41 Å². The molecule has 2 unspecified atom stereocenters. The van der Waals surface area contributed by atoms with Gasteiger partial charge in [0.25, 0.3) is 0 Å². The molecule has 36 heavy (non-hydrogen) atoms. The molecule has 2 atom stereocenters. The molecule has 4 heterocycles. The number of likely N-dealkylation sites (N-methyl/N-ethyl adjacent to an activating group) is 1. The number of piperidine rings is 1. The van der Waals surface area contributed by atoms with Gasteiger partial charge in [-0.15, -0.1) is 0 Å². The number of carbonyl (C=O) groups excluding carboxylic acids is 1. The number of amides is 1. The lowest BCUT2D eigenvalue weighted by atomic mass is 9.62. The zero-order valence-electron chi connectivity index (χ0n) is 21.7. The topological polar surface area (TPSA) is 95.6 Å². The molecule has 8 nitrogen and oxygen atoms in total. The Morgan fingerprint density at radius 3 is 2.50 bits per heavy atom. The first kappa shape index (κ1) is 24.6. The highest BCUT2D eigenvalue weighted by atomic mass is 16.5. The van der Waals surface area contributed by atoms with Gasteiger partial charge in [0.1, 0.15) is 5.60 Å². The van der Waals surface area contributed by atoms with Gasteiger partial charge in [0.15, 0.2) is 0 Å². The van der Waals surface area contributed by atoms with Crippen LogP contribution in [0.2, 0.25) is 0 Å². The van der Waals surface area contributed by atoms with Crippen LogP contribution in [0.1, 0.15) is 68.0 Å². The van der Waals surface area contributed by atoms with Gasteiger partial charge >= 0.3 is 0 Å². The number of likely N-dealkylation sites (tertiary alicyclic amines) is 2. The maximum atomic E-state index is 12.4. The molecule has 0 aliphatic carbocycles. The third kappa shape index (κ3) is 4.12. The third-order valence-electron chi connectivity index (χ3n) is 7.94. The van der Waals surface area contributed by atoms with Gasteiger partial charge in [0.05, 0.1) is 5.92 Å². The second-order valence-electron chi connectivity index (χ2n) is 11.1. The molecule has 0 spiro atoms. The van der Waals surface area contributed by atoms with Crippen molar-refractivity contribution in [1.29, 1.82) is 0 Å². The van der Waals surface area contributed by atoms with Gasteiger partial charge in [-0.2, -0.15) is 4.98 Å². The summed E-state index contributed by atoms with van der Waals surface area (Å²) < 4.78 is 5.61. The fraction of sp³-hybridized carbons (Fsp3) is 0.500. The highest BCUT2D eigenvalue weighted by molar-refractivity contribution is 5.76. The van der Waals surface area contributed by atoms with Crippen molar-refractivity contribution in [3.63, 3.8) is 0 Å². The van der Waals surface area contributed by atoms with Crippen molar-refractivity contribution < 1.29 is 14.4 Å². The van der Waals surface area contributed by atoms with Gasteiger partial charge in [-0.3, -0.25) is 9.78 Å². The number of hydrogen-bond acceptors (Lipinski definition) is 7. The Bertz CT molecular complexity index is 1250. The van der Waals surface area contributed by atoms with E-state index < -0.39 is 5.60 Å². The molecule has 190 valence electrons. The largest absolute Gasteiger partial charge is 0.380 e. The Morgan fingerprint density at radius 1 is 1.14 bits per heavy atom. The van der Waals surface area contributed by atoms with Crippen LogP contribution in [-0.2, 0) is 10.4 Å². The van der Waals surface area contributed by atoms with E-state index in [2.05, 4.69) is 60.0 Å². The minimum absolute atomic E-state index is 0.0194. The smallest absolute Gasteiger partial charge is 0.231 e. The van der Waals surface area contributed by atoms with Crippen LogP contribution in [0.3, 0.4) is 0 Å². The number of aromatic nitrogens is 3. The summed E-state index contributed by atoms with van der Waals surface area (Å²) >= 11 is 0. The minimum atomic E-state index is -1.24. The fourth-order valence-corrected chi connectivity index (χ4v) is 5.84. The van der Waals surface area contributed by atoms with Crippen LogP contribution in [-0.4, -0.2) is 69.7 Å². The Labute approximate surface area is 212 Å². The third-order valence-corrected chi connectivity index (χ3v) is 7.94. The molecule has 2 aromatic heterocycles. The average Bonchev–Trinajstić information content (AvgIpc) is 3.35. The highest BCUT2D eigenvalue weighted by Gasteiger charge is 2.55. The molecular formula is C28H35N5O3. The van der Waals surface area contributed by atoms with E-state index in [-0.39, 0.29) is 17.2 Å². The Morgan fingerprint density at radius 2 is 1.86 bits per heavy atom. The van der Waals surface area contributed by atoms with Crippen molar-refractivity contribution in [3.05, 3.63) is 65.3 Å². The second-order valence-corrected chi connectivity index (χ2v) is 11.1. The van der Waals surface area contributed by atoms with Gasteiger partial charge < -0.3 is 19.4 Å². The normalized spacial score (nSPS) is 21.9. The maximum absolute atomic E-state index is 12.4. The minimum Gasteiger partial charge on any atom is -0.380 e. The summed E-state index contributed by atoms with van der Waals surface area (Å²) in [4.78, 5) is 24.9. The number of nitrogens with zero attached hydrogens (tertiary/aromatic N) is 5. The lowest BCUT2D eigenvalue weighted by Crippen LogP contribution is -2.63. The second kappa shape index (κ2) is 9.09. The number of carbonyl (C=O) groups is 1. The van der Waals surface area contributed by atoms with Crippen molar-refractivity contribution in [2.24, 2.45) is 5.41 Å². The van der Waals surface area contributed by atoms with Crippen molar-refractivity contribution in [2.45, 2.75) is 51.0 Å². The van der Waals surface area contributed by atoms with Crippen molar-refractivity contribution in [3.8, 4) is 11.4 Å². The lowest BCUT2D eigenvalue weighted by Gasteiger charge is -2.55. The van der Waals surface area contributed by atoms with Gasteiger partial charge in [-0.25, -0.2) is 0 Å².